The molecular formula is C19H21N3O2. The Morgan fingerprint density at radius 1 is 1.21 bits per heavy atom. The van der Waals surface area contributed by atoms with Crippen LogP contribution in [0.2, 0.25) is 0 Å². The third-order valence-corrected chi connectivity index (χ3v) is 3.99. The van der Waals surface area contributed by atoms with E-state index in [1.54, 1.807) is 7.11 Å². The van der Waals surface area contributed by atoms with Crippen molar-refractivity contribution in [1.29, 1.82) is 0 Å². The second-order valence-electron chi connectivity index (χ2n) is 5.57. The Kier molecular flexibility index (Phi) is 4.79. The Bertz CT molecular complexity index is 855. The van der Waals surface area contributed by atoms with Crippen molar-refractivity contribution in [3.63, 3.8) is 0 Å². The van der Waals surface area contributed by atoms with E-state index in [1.165, 1.54) is 0 Å². The molecule has 0 aliphatic rings. The van der Waals surface area contributed by atoms with Crippen LogP contribution >= 0.6 is 0 Å². The van der Waals surface area contributed by atoms with Crippen LogP contribution in [0.15, 0.2) is 48.5 Å². The lowest BCUT2D eigenvalue weighted by Gasteiger charge is -2.08. The predicted octanol–water partition coefficient (Wildman–Crippen LogP) is 2.92. The average molecular weight is 323 g/mol. The summed E-state index contributed by atoms with van der Waals surface area (Å²) < 4.78 is 7.31. The molecular weight excluding hydrogens is 302 g/mol. The Morgan fingerprint density at radius 2 is 2.04 bits per heavy atom. The molecule has 5 nitrogen and oxygen atoms in total. The van der Waals surface area contributed by atoms with Gasteiger partial charge in [-0.2, -0.15) is 0 Å². The number of benzene rings is 2. The van der Waals surface area contributed by atoms with Crippen molar-refractivity contribution in [2.24, 2.45) is 0 Å². The topological polar surface area (TPSA) is 56.2 Å². The van der Waals surface area contributed by atoms with E-state index in [4.69, 9.17) is 4.74 Å². The number of carbonyl (C=O) groups excluding carboxylic acids is 1. The Hall–Kier alpha value is -2.82. The molecule has 0 fully saturated rings. The second kappa shape index (κ2) is 7.17. The highest BCUT2D eigenvalue weighted by Crippen LogP contribution is 2.16. The summed E-state index contributed by atoms with van der Waals surface area (Å²) in [5, 5.41) is 2.96. The Labute approximate surface area is 141 Å². The van der Waals surface area contributed by atoms with Gasteiger partial charge in [0, 0.05) is 6.54 Å². The second-order valence-corrected chi connectivity index (χ2v) is 5.57. The van der Waals surface area contributed by atoms with Crippen molar-refractivity contribution in [3.8, 4) is 5.75 Å². The highest BCUT2D eigenvalue weighted by atomic mass is 16.5. The summed E-state index contributed by atoms with van der Waals surface area (Å²) in [6, 6.07) is 15.6. The molecule has 124 valence electrons. The summed E-state index contributed by atoms with van der Waals surface area (Å²) in [5.41, 5.74) is 2.98. The number of imidazole rings is 1. The number of para-hydroxylation sites is 2. The quantitative estimate of drug-likeness (QED) is 0.759. The van der Waals surface area contributed by atoms with Crippen molar-refractivity contribution in [2.75, 3.05) is 7.11 Å². The first-order chi connectivity index (χ1) is 11.7. The first kappa shape index (κ1) is 16.1. The van der Waals surface area contributed by atoms with Gasteiger partial charge in [0.1, 0.15) is 11.6 Å². The zero-order valence-corrected chi connectivity index (χ0v) is 14.0. The first-order valence-electron chi connectivity index (χ1n) is 8.05. The van der Waals surface area contributed by atoms with Gasteiger partial charge in [0.25, 0.3) is 0 Å². The lowest BCUT2D eigenvalue weighted by Crippen LogP contribution is -2.26. The monoisotopic (exact) mass is 323 g/mol. The zero-order chi connectivity index (χ0) is 16.9. The molecule has 0 saturated heterocycles. The van der Waals surface area contributed by atoms with E-state index < -0.39 is 0 Å². The fraction of sp³-hybridized carbons (Fsp3) is 0.263. The van der Waals surface area contributed by atoms with Crippen molar-refractivity contribution in [2.45, 2.75) is 26.4 Å². The van der Waals surface area contributed by atoms with Crippen molar-refractivity contribution < 1.29 is 9.53 Å². The van der Waals surface area contributed by atoms with Gasteiger partial charge in [-0.3, -0.25) is 4.79 Å². The third-order valence-electron chi connectivity index (χ3n) is 3.99. The number of hydrogen-bond donors (Lipinski definition) is 1. The number of amides is 1. The van der Waals surface area contributed by atoms with Gasteiger partial charge in [0.2, 0.25) is 5.91 Å². The smallest absolute Gasteiger partial charge is 0.224 e. The maximum absolute atomic E-state index is 12.2. The van der Waals surface area contributed by atoms with Gasteiger partial charge in [0.05, 0.1) is 31.1 Å². The summed E-state index contributed by atoms with van der Waals surface area (Å²) in [6.07, 6.45) is 0.323. The molecule has 0 aliphatic heterocycles. The van der Waals surface area contributed by atoms with E-state index in [-0.39, 0.29) is 5.91 Å². The minimum atomic E-state index is -0.0297. The van der Waals surface area contributed by atoms with Crippen LogP contribution in [-0.2, 0) is 24.3 Å². The number of ether oxygens (including phenoxy) is 1. The highest BCUT2D eigenvalue weighted by molar-refractivity contribution is 5.79. The van der Waals surface area contributed by atoms with Crippen LogP contribution in [-0.4, -0.2) is 22.6 Å². The number of carbonyl (C=O) groups is 1. The summed E-state index contributed by atoms with van der Waals surface area (Å²) >= 11 is 0. The van der Waals surface area contributed by atoms with Gasteiger partial charge < -0.3 is 14.6 Å². The van der Waals surface area contributed by atoms with Crippen molar-refractivity contribution in [3.05, 3.63) is 59.9 Å². The normalized spacial score (nSPS) is 10.8. The maximum Gasteiger partial charge on any atom is 0.224 e. The molecule has 0 unspecified atom stereocenters. The van der Waals surface area contributed by atoms with E-state index >= 15 is 0 Å². The molecule has 2 aromatic carbocycles. The van der Waals surface area contributed by atoms with Crippen molar-refractivity contribution in [1.82, 2.24) is 14.9 Å². The molecule has 1 heterocycles. The summed E-state index contributed by atoms with van der Waals surface area (Å²) in [6.45, 7) is 3.32. The fourth-order valence-corrected chi connectivity index (χ4v) is 2.82. The fourth-order valence-electron chi connectivity index (χ4n) is 2.82. The van der Waals surface area contributed by atoms with E-state index in [9.17, 15) is 4.79 Å². The minimum Gasteiger partial charge on any atom is -0.497 e. The molecule has 0 aliphatic carbocycles. The van der Waals surface area contributed by atoms with Gasteiger partial charge in [0.15, 0.2) is 0 Å². The van der Waals surface area contributed by atoms with Crippen LogP contribution in [0.3, 0.4) is 0 Å². The summed E-state index contributed by atoms with van der Waals surface area (Å²) in [5.74, 6) is 1.60. The van der Waals surface area contributed by atoms with Crippen LogP contribution < -0.4 is 10.1 Å². The van der Waals surface area contributed by atoms with Crippen LogP contribution in [0.25, 0.3) is 11.0 Å². The van der Waals surface area contributed by atoms with Crippen LogP contribution in [0.4, 0.5) is 0 Å². The van der Waals surface area contributed by atoms with E-state index in [2.05, 4.69) is 21.8 Å². The average Bonchev–Trinajstić information content (AvgIpc) is 2.97. The van der Waals surface area contributed by atoms with Crippen LogP contribution in [0.5, 0.6) is 5.75 Å². The molecule has 0 radical (unpaired) electrons. The third kappa shape index (κ3) is 3.40. The zero-order valence-electron chi connectivity index (χ0n) is 14.0. The molecule has 3 aromatic rings. The molecule has 0 saturated carbocycles. The number of hydrogen-bond acceptors (Lipinski definition) is 3. The predicted molar refractivity (Wildman–Crippen MR) is 94.0 cm³/mol. The first-order valence-corrected chi connectivity index (χ1v) is 8.05. The standard InChI is InChI=1S/C19H21N3O2/c1-3-22-17-10-5-4-9-16(17)21-18(22)13-20-19(23)12-14-7-6-8-15(11-14)24-2/h4-11H,3,12-13H2,1-2H3,(H,20,23). The number of nitrogens with zero attached hydrogens (tertiary/aromatic N) is 2. The number of aromatic nitrogens is 2. The maximum atomic E-state index is 12.2. The molecule has 1 N–H and O–H groups in total. The molecule has 0 atom stereocenters. The van der Waals surface area contributed by atoms with Gasteiger partial charge >= 0.3 is 0 Å². The van der Waals surface area contributed by atoms with Gasteiger partial charge in [-0.15, -0.1) is 0 Å². The van der Waals surface area contributed by atoms with E-state index in [0.717, 1.165) is 34.7 Å². The summed E-state index contributed by atoms with van der Waals surface area (Å²) in [4.78, 5) is 16.8. The molecule has 1 amide bonds. The lowest BCUT2D eigenvalue weighted by atomic mass is 10.1. The van der Waals surface area contributed by atoms with E-state index in [0.29, 0.717) is 13.0 Å². The van der Waals surface area contributed by atoms with Crippen molar-refractivity contribution >= 4 is 16.9 Å². The molecule has 5 heteroatoms. The lowest BCUT2D eigenvalue weighted by molar-refractivity contribution is -0.120. The van der Waals surface area contributed by atoms with Gasteiger partial charge in [-0.25, -0.2) is 4.98 Å². The van der Waals surface area contributed by atoms with Crippen LogP contribution in [0.1, 0.15) is 18.3 Å². The molecule has 0 bridgehead atoms. The largest absolute Gasteiger partial charge is 0.497 e. The minimum absolute atomic E-state index is 0.0297. The molecule has 1 aromatic heterocycles. The summed E-state index contributed by atoms with van der Waals surface area (Å²) in [7, 11) is 1.62. The van der Waals surface area contributed by atoms with Gasteiger partial charge in [-0.05, 0) is 36.8 Å². The molecule has 3 rings (SSSR count). The Balaban J connectivity index is 1.68. The Morgan fingerprint density at radius 3 is 2.83 bits per heavy atom. The molecule has 24 heavy (non-hydrogen) atoms. The number of fused-ring (bicyclic) bond motifs is 1. The number of aryl methyl sites for hydroxylation is 1. The van der Waals surface area contributed by atoms with Crippen LogP contribution in [0, 0.1) is 0 Å². The van der Waals surface area contributed by atoms with Gasteiger partial charge in [-0.1, -0.05) is 24.3 Å². The highest BCUT2D eigenvalue weighted by Gasteiger charge is 2.10. The van der Waals surface area contributed by atoms with E-state index in [1.807, 2.05) is 48.5 Å². The number of rotatable bonds is 6. The SMILES string of the molecule is CCn1c(CNC(=O)Cc2cccc(OC)c2)nc2ccccc21. The number of nitrogens with one attached hydrogen (secondary N) is 1. The number of methoxy groups -OCH3 is 1. The molecule has 0 spiro atoms.